The van der Waals surface area contributed by atoms with Gasteiger partial charge >= 0.3 is 12.4 Å². The van der Waals surface area contributed by atoms with Crippen LogP contribution in [-0.4, -0.2) is 139 Å². The molecule has 31 nitrogen and oxygen atoms in total. The van der Waals surface area contributed by atoms with Crippen LogP contribution in [0.5, 0.6) is 0 Å². The van der Waals surface area contributed by atoms with Crippen molar-refractivity contribution in [2.75, 3.05) is 88.2 Å². The van der Waals surface area contributed by atoms with Crippen molar-refractivity contribution in [1.82, 2.24) is 67.8 Å². The Balaban J connectivity index is 0.000000139. The van der Waals surface area contributed by atoms with Gasteiger partial charge in [-0.1, -0.05) is 224 Å². The Bertz CT molecular complexity index is 8010. The molecule has 17 N–H and O–H groups in total. The predicted octanol–water partition coefficient (Wildman–Crippen LogP) is 21.5. The summed E-state index contributed by atoms with van der Waals surface area (Å²) >= 11 is 23.8. The Morgan fingerprint density at radius 3 is 1.24 bits per heavy atom. The number of para-hydroxylation sites is 2. The van der Waals surface area contributed by atoms with Crippen LogP contribution in [0.3, 0.4) is 0 Å². The minimum Gasteiger partial charge on any atom is -0.373 e. The van der Waals surface area contributed by atoms with Crippen LogP contribution in [0.1, 0.15) is 72.5 Å². The van der Waals surface area contributed by atoms with Crippen LogP contribution in [0.4, 0.5) is 91.1 Å². The van der Waals surface area contributed by atoms with Gasteiger partial charge in [0.05, 0.1) is 69.9 Å². The average molecular weight is 2110 g/mol. The van der Waals surface area contributed by atoms with Gasteiger partial charge in [-0.2, -0.15) is 51.3 Å². The summed E-state index contributed by atoms with van der Waals surface area (Å²) in [5, 5.41) is 16.0. The Morgan fingerprint density at radius 1 is 0.386 bits per heavy atom. The first-order valence-corrected chi connectivity index (χ1v) is 50.2. The molecule has 2 aliphatic rings. The maximum Gasteiger partial charge on any atom is 0.405 e. The molecule has 1 atom stereocenters. The number of nitrogens with one attached hydrogen (secondary N) is 5. The lowest BCUT2D eigenvalue weighted by Gasteiger charge is -2.17. The second kappa shape index (κ2) is 44.7. The van der Waals surface area contributed by atoms with Gasteiger partial charge in [-0.15, -0.1) is 0 Å². The highest BCUT2D eigenvalue weighted by Gasteiger charge is 2.37. The van der Waals surface area contributed by atoms with Crippen molar-refractivity contribution in [3.63, 3.8) is 0 Å². The van der Waals surface area contributed by atoms with Crippen LogP contribution in [0, 0.1) is 19.3 Å². The van der Waals surface area contributed by atoms with Gasteiger partial charge in [0, 0.05) is 123 Å². The molecule has 17 aromatic rings. The van der Waals surface area contributed by atoms with Gasteiger partial charge in [0.15, 0.2) is 9.84 Å². The number of anilines is 11. The second-order valence-corrected chi connectivity index (χ2v) is 41.5. The zero-order valence-corrected chi connectivity index (χ0v) is 83.8. The molecule has 1 saturated carbocycles. The molecule has 2 aliphatic carbocycles. The summed E-state index contributed by atoms with van der Waals surface area (Å²) in [6.07, 6.45) is -0.699. The van der Waals surface area contributed by atoms with Crippen LogP contribution >= 0.6 is 46.4 Å². The quantitative estimate of drug-likeness (QED) is 0.0298. The van der Waals surface area contributed by atoms with Gasteiger partial charge in [-0.25, -0.2) is 68.1 Å². The first kappa shape index (κ1) is 105. The van der Waals surface area contributed by atoms with E-state index in [0.717, 1.165) is 74.8 Å². The van der Waals surface area contributed by atoms with Crippen LogP contribution in [0.15, 0.2) is 288 Å². The molecule has 8 heterocycles. The van der Waals surface area contributed by atoms with Crippen molar-refractivity contribution in [3.8, 4) is 56.3 Å². The molecule has 0 radical (unpaired) electrons. The van der Waals surface area contributed by atoms with Crippen molar-refractivity contribution in [2.24, 2.45) is 5.41 Å². The van der Waals surface area contributed by atoms with Gasteiger partial charge in [-0.3, -0.25) is 0 Å². The Hall–Kier alpha value is -15.3. The maximum absolute atomic E-state index is 13.4. The molecule has 44 heteroatoms. The zero-order chi connectivity index (χ0) is 104. The summed E-state index contributed by atoms with van der Waals surface area (Å²) in [5.41, 5.74) is 47.6. The highest BCUT2D eigenvalue weighted by atomic mass is 35.5. The summed E-state index contributed by atoms with van der Waals surface area (Å²) in [4.78, 5) is 50.1. The van der Waals surface area contributed by atoms with E-state index < -0.39 is 60.6 Å². The van der Waals surface area contributed by atoms with E-state index in [4.69, 9.17) is 80.8 Å². The highest BCUT2D eigenvalue weighted by molar-refractivity contribution is 7.92. The van der Waals surface area contributed by atoms with E-state index in [1.807, 2.05) is 105 Å². The van der Waals surface area contributed by atoms with E-state index in [9.17, 15) is 51.6 Å². The minimum absolute atomic E-state index is 0.00444. The van der Waals surface area contributed by atoms with Crippen LogP contribution < -0.4 is 61.0 Å². The molecule has 0 bridgehead atoms. The number of nitrogen functional groups attached to an aromatic ring is 6. The van der Waals surface area contributed by atoms with E-state index in [0.29, 0.717) is 105 Å². The number of aromatic nitrogens is 14. The molecule has 1 unspecified atom stereocenters. The monoisotopic (exact) mass is 2100 g/mol. The summed E-state index contributed by atoms with van der Waals surface area (Å²) in [5.74, 6) is 2.13. The molecule has 19 rings (SSSR count). The van der Waals surface area contributed by atoms with E-state index in [2.05, 4.69) is 107 Å². The van der Waals surface area contributed by atoms with Crippen LogP contribution in [0.25, 0.3) is 83.7 Å². The minimum atomic E-state index is -4.37. The smallest absolute Gasteiger partial charge is 0.373 e. The molecule has 0 saturated heterocycles. The number of halogens is 10. The number of aryl methyl sites for hydroxylation is 2. The molecule has 0 spiro atoms. The third-order valence-corrected chi connectivity index (χ3v) is 28.3. The van der Waals surface area contributed by atoms with Crippen LogP contribution in [-0.2, 0) is 36.3 Å². The van der Waals surface area contributed by atoms with E-state index >= 15 is 0 Å². The van der Waals surface area contributed by atoms with Crippen molar-refractivity contribution in [2.45, 2.75) is 92.2 Å². The predicted molar refractivity (Wildman–Crippen MR) is 562 cm³/mol. The van der Waals surface area contributed by atoms with Gasteiger partial charge in [0.2, 0.25) is 35.7 Å². The molecular formula is C101H95Cl4F6N25O6S3. The Kier molecular flexibility index (Phi) is 32.5. The number of sulfone groups is 1. The molecule has 145 heavy (non-hydrogen) atoms. The van der Waals surface area contributed by atoms with Crippen molar-refractivity contribution >= 4 is 168 Å². The van der Waals surface area contributed by atoms with Crippen molar-refractivity contribution in [1.29, 1.82) is 0 Å². The number of alkyl halides is 6. The fourth-order valence-corrected chi connectivity index (χ4v) is 20.2. The largest absolute Gasteiger partial charge is 0.405 e. The molecule has 1 fully saturated rings. The first-order chi connectivity index (χ1) is 68.7. The number of rotatable bonds is 21. The normalized spacial score (nSPS) is 12.9. The lowest BCUT2D eigenvalue weighted by molar-refractivity contribution is -0.116. The summed E-state index contributed by atoms with van der Waals surface area (Å²) in [6.45, 7) is 7.93. The fourth-order valence-electron chi connectivity index (χ4n) is 15.0. The number of nitrogens with two attached hydrogens (primary N) is 6. The summed E-state index contributed by atoms with van der Waals surface area (Å²) < 4.78 is 156. The van der Waals surface area contributed by atoms with Gasteiger partial charge in [0.1, 0.15) is 47.4 Å². The summed E-state index contributed by atoms with van der Waals surface area (Å²) in [6, 6.07) is 73.8. The van der Waals surface area contributed by atoms with E-state index in [1.54, 1.807) is 184 Å². The molecule has 748 valence electrons. The number of nitrogens with zero attached hydrogens (tertiary/aromatic N) is 14. The third kappa shape index (κ3) is 27.2. The Morgan fingerprint density at radius 2 is 0.772 bits per heavy atom. The van der Waals surface area contributed by atoms with Crippen molar-refractivity contribution in [3.05, 3.63) is 327 Å². The number of fused-ring (bicyclic) bond motifs is 3. The van der Waals surface area contributed by atoms with Crippen molar-refractivity contribution < 1.29 is 51.6 Å². The topological polar surface area (TPSA) is 483 Å². The fraction of sp³-hybridized carbons (Fsp3) is 0.168. The number of hydrogen-bond acceptors (Lipinski definition) is 29. The van der Waals surface area contributed by atoms with E-state index in [1.165, 1.54) is 20.1 Å². The van der Waals surface area contributed by atoms with Gasteiger partial charge < -0.3 is 61.0 Å². The third-order valence-electron chi connectivity index (χ3n) is 21.7. The molecule has 8 aromatic heterocycles. The standard InChI is InChI=1S/C22H21N5O2S.C20H19N5O2S.C20H18N4O2S.C15H18ClN3.C12H9Cl2F3N4.C12H10ClF3N4/c1-14-6-10-16(11-7-14)30(28,29)27-13-18(17-4-2-3-5-20(17)27)19-12-21(24-15-8-9-15)26-22(23)25-19;1-13-7-9-14(10-8-13)28(26,27)25-12-16(15-5-3-4-6-18(15)25)17-11-19(22-2)24-20(21)23-17;1-22-19-12-17(23-20(21)24-19)16-11-18(15-10-6-5-9-14(15)16)27(25,26)13-7-3-2-4-8-13;1-15(2,3)9-12-8-13(19-14(17)18-12)10-5-4-6-11(16)7-10;13-7-3-1-2-6(10(7)14)8-4-9(21-11(18)20-8)19-5-12(15,16)17;13-8-3-1-2-7(4-8)9-5-10(20-11(17)19-9)18-6-12(14,15)16/h2-7,10-13,15H,8-9H2,1H3,(H3,23,24,25,26);3-12H,1-2H3,(H3,21,22,23,24);2-12,18H,1H3,(H3,21,22,23,24);4-8H,9H2,1-3H3,(H2,17,18,19);1-4H,5H2,(H3,18,19,20,21);1-5H,6H2,(H3,17,18,19,20). The molecular weight excluding hydrogens is 2010 g/mol. The maximum atomic E-state index is 13.4. The molecule has 0 aliphatic heterocycles. The average Bonchev–Trinajstić information content (AvgIpc) is 1.61. The lowest BCUT2D eigenvalue weighted by Crippen LogP contribution is -2.22. The lowest BCUT2D eigenvalue weighted by atomic mass is 9.90. The van der Waals surface area contributed by atoms with Gasteiger partial charge in [0.25, 0.3) is 20.0 Å². The Labute approximate surface area is 850 Å². The first-order valence-electron chi connectivity index (χ1n) is 44.3. The van der Waals surface area contributed by atoms with Crippen LogP contribution in [0.2, 0.25) is 20.1 Å². The second-order valence-electron chi connectivity index (χ2n) is 34.1. The summed E-state index contributed by atoms with van der Waals surface area (Å²) in [7, 11) is -7.65. The highest BCUT2D eigenvalue weighted by Crippen LogP contribution is 2.46. The van der Waals surface area contributed by atoms with E-state index in [-0.39, 0.29) is 67.3 Å². The van der Waals surface area contributed by atoms with Gasteiger partial charge in [-0.05, 0) is 135 Å². The number of benzene rings is 9. The SMILES string of the molecule is CC(C)(C)Cc1cc(-c2cccc(Cl)c2)nc(N)n1.CNc1cc(-c2cn(S(=O)(=O)c3ccc(C)cc3)c3ccccc23)nc(N)n1.CNc1cc(C2=CC(S(=O)(=O)c3ccccc3)c3ccccc32)nc(N)n1.Cc1ccc(S(=O)(=O)n2cc(-c3cc(NC4CC4)nc(N)n3)c3ccccc32)cc1.Nc1nc(NCC(F)(F)F)cc(-c2cccc(Cl)c2)n1.Nc1nc(NCC(F)(F)F)cc(-c2cccc(Cl)c2Cl)n1. The molecule has 0 amide bonds. The zero-order valence-electron chi connectivity index (χ0n) is 78.3. The molecule has 9 aromatic carbocycles. The number of hydrogen-bond donors (Lipinski definition) is 11.